The summed E-state index contributed by atoms with van der Waals surface area (Å²) in [5, 5.41) is 0. The number of carbonyl (C=O) groups excluding carboxylic acids is 3. The van der Waals surface area contributed by atoms with E-state index in [1.165, 1.54) is 6.26 Å². The van der Waals surface area contributed by atoms with Gasteiger partial charge in [0.05, 0.1) is 6.26 Å². The maximum Gasteiger partial charge on any atom is 0.289 e. The molecular weight excluding hydrogens is 418 g/mol. The molecule has 3 heterocycles. The Morgan fingerprint density at radius 3 is 2.24 bits per heavy atom. The van der Waals surface area contributed by atoms with Crippen LogP contribution in [0.5, 0.6) is 0 Å². The summed E-state index contributed by atoms with van der Waals surface area (Å²) < 4.78 is 5.22. The van der Waals surface area contributed by atoms with Gasteiger partial charge in [0, 0.05) is 44.7 Å². The molecule has 3 amide bonds. The van der Waals surface area contributed by atoms with Crippen molar-refractivity contribution in [3.05, 3.63) is 95.4 Å². The van der Waals surface area contributed by atoms with Crippen LogP contribution >= 0.6 is 0 Å². The van der Waals surface area contributed by atoms with E-state index >= 15 is 0 Å². The standard InChI is InChI=1S/C26H25N3O4/c30-24-21-10-5-4-9-20(21)18-29(24)22(17-19-7-2-1-3-8-19)25(31)27-12-14-28(15-13-27)26(32)23-11-6-16-33-23/h1-11,16,22H,12-15,17-18H2/t22-/m0/s1. The number of rotatable bonds is 5. The summed E-state index contributed by atoms with van der Waals surface area (Å²) in [6.45, 7) is 2.13. The molecule has 0 bridgehead atoms. The molecule has 33 heavy (non-hydrogen) atoms. The Hall–Kier alpha value is -3.87. The van der Waals surface area contributed by atoms with Crippen LogP contribution in [0.15, 0.2) is 77.4 Å². The van der Waals surface area contributed by atoms with E-state index in [2.05, 4.69) is 0 Å². The van der Waals surface area contributed by atoms with Crippen LogP contribution in [0.25, 0.3) is 0 Å². The SMILES string of the molecule is O=C(c1ccco1)N1CCN(C(=O)[C@H](Cc2ccccc2)N2Cc3ccccc3C2=O)CC1. The van der Waals surface area contributed by atoms with E-state index in [1.54, 1.807) is 26.8 Å². The zero-order valence-electron chi connectivity index (χ0n) is 18.2. The largest absolute Gasteiger partial charge is 0.459 e. The number of piperazine rings is 1. The van der Waals surface area contributed by atoms with Gasteiger partial charge >= 0.3 is 0 Å². The molecule has 2 aliphatic heterocycles. The fourth-order valence-corrected chi connectivity index (χ4v) is 4.59. The first kappa shape index (κ1) is 21.0. The molecule has 1 saturated heterocycles. The molecule has 2 aliphatic rings. The van der Waals surface area contributed by atoms with Crippen molar-refractivity contribution >= 4 is 17.7 Å². The van der Waals surface area contributed by atoms with Crippen LogP contribution in [0.2, 0.25) is 0 Å². The Kier molecular flexibility index (Phi) is 5.69. The molecule has 5 rings (SSSR count). The van der Waals surface area contributed by atoms with Crippen molar-refractivity contribution in [1.29, 1.82) is 0 Å². The second-order valence-corrected chi connectivity index (χ2v) is 8.39. The first-order valence-corrected chi connectivity index (χ1v) is 11.2. The van der Waals surface area contributed by atoms with E-state index in [0.717, 1.165) is 11.1 Å². The lowest BCUT2D eigenvalue weighted by molar-refractivity contribution is -0.137. The summed E-state index contributed by atoms with van der Waals surface area (Å²) in [6.07, 6.45) is 1.93. The quantitative estimate of drug-likeness (QED) is 0.608. The molecule has 168 valence electrons. The number of carbonyl (C=O) groups is 3. The molecule has 1 fully saturated rings. The van der Waals surface area contributed by atoms with Crippen LogP contribution in [0.3, 0.4) is 0 Å². The number of hydrogen-bond donors (Lipinski definition) is 0. The molecule has 1 aromatic heterocycles. The lowest BCUT2D eigenvalue weighted by Gasteiger charge is -2.38. The van der Waals surface area contributed by atoms with E-state index in [-0.39, 0.29) is 17.7 Å². The van der Waals surface area contributed by atoms with Crippen molar-refractivity contribution in [2.45, 2.75) is 19.0 Å². The maximum absolute atomic E-state index is 13.7. The van der Waals surface area contributed by atoms with Gasteiger partial charge in [-0.2, -0.15) is 0 Å². The van der Waals surface area contributed by atoms with E-state index < -0.39 is 6.04 Å². The minimum absolute atomic E-state index is 0.0786. The van der Waals surface area contributed by atoms with Gasteiger partial charge in [0.2, 0.25) is 5.91 Å². The fraction of sp³-hybridized carbons (Fsp3) is 0.269. The summed E-state index contributed by atoms with van der Waals surface area (Å²) >= 11 is 0. The minimum atomic E-state index is -0.598. The second-order valence-electron chi connectivity index (χ2n) is 8.39. The number of benzene rings is 2. The average molecular weight is 444 g/mol. The Bertz CT molecular complexity index is 1150. The summed E-state index contributed by atoms with van der Waals surface area (Å²) in [4.78, 5) is 44.6. The molecule has 0 aliphatic carbocycles. The highest BCUT2D eigenvalue weighted by Crippen LogP contribution is 2.27. The van der Waals surface area contributed by atoms with Gasteiger partial charge in [-0.25, -0.2) is 0 Å². The van der Waals surface area contributed by atoms with Gasteiger partial charge in [0.15, 0.2) is 5.76 Å². The van der Waals surface area contributed by atoms with Crippen molar-refractivity contribution in [2.24, 2.45) is 0 Å². The van der Waals surface area contributed by atoms with E-state index in [1.807, 2.05) is 54.6 Å². The van der Waals surface area contributed by atoms with E-state index in [4.69, 9.17) is 4.42 Å². The van der Waals surface area contributed by atoms with Crippen LogP contribution in [0.1, 0.15) is 32.0 Å². The topological polar surface area (TPSA) is 74.1 Å². The molecule has 2 aromatic carbocycles. The van der Waals surface area contributed by atoms with Gasteiger partial charge in [-0.3, -0.25) is 14.4 Å². The Labute approximate surface area is 192 Å². The third-order valence-electron chi connectivity index (χ3n) is 6.39. The Balaban J connectivity index is 1.33. The van der Waals surface area contributed by atoms with Crippen LogP contribution in [-0.2, 0) is 17.8 Å². The zero-order chi connectivity index (χ0) is 22.8. The third-order valence-corrected chi connectivity index (χ3v) is 6.39. The summed E-state index contributed by atoms with van der Waals surface area (Å²) in [6, 6.07) is 20.0. The molecule has 1 atom stereocenters. The Morgan fingerprint density at radius 1 is 0.848 bits per heavy atom. The molecular formula is C26H25N3O4. The summed E-state index contributed by atoms with van der Waals surface area (Å²) in [5.74, 6) is -0.0492. The van der Waals surface area contributed by atoms with Crippen LogP contribution in [-0.4, -0.2) is 64.6 Å². The lowest BCUT2D eigenvalue weighted by atomic mass is 10.0. The van der Waals surface area contributed by atoms with Crippen molar-refractivity contribution in [2.75, 3.05) is 26.2 Å². The van der Waals surface area contributed by atoms with Gasteiger partial charge in [-0.15, -0.1) is 0 Å². The van der Waals surface area contributed by atoms with E-state index in [0.29, 0.717) is 50.5 Å². The number of hydrogen-bond acceptors (Lipinski definition) is 4. The number of amides is 3. The summed E-state index contributed by atoms with van der Waals surface area (Å²) in [5.41, 5.74) is 2.62. The molecule has 0 saturated carbocycles. The average Bonchev–Trinajstić information content (AvgIpc) is 3.51. The van der Waals surface area contributed by atoms with Crippen LogP contribution in [0.4, 0.5) is 0 Å². The Morgan fingerprint density at radius 2 is 1.55 bits per heavy atom. The van der Waals surface area contributed by atoms with Crippen molar-refractivity contribution in [1.82, 2.24) is 14.7 Å². The monoisotopic (exact) mass is 443 g/mol. The minimum Gasteiger partial charge on any atom is -0.459 e. The van der Waals surface area contributed by atoms with Crippen molar-refractivity contribution in [3.63, 3.8) is 0 Å². The molecule has 7 nitrogen and oxygen atoms in total. The number of nitrogens with zero attached hydrogens (tertiary/aromatic N) is 3. The molecule has 0 unspecified atom stereocenters. The number of furan rings is 1. The zero-order valence-corrected chi connectivity index (χ0v) is 18.2. The van der Waals surface area contributed by atoms with Gasteiger partial charge in [-0.05, 0) is 29.3 Å². The van der Waals surface area contributed by atoms with Crippen LogP contribution in [0, 0.1) is 0 Å². The second kappa shape index (κ2) is 8.94. The summed E-state index contributed by atoms with van der Waals surface area (Å²) in [7, 11) is 0. The third kappa shape index (κ3) is 4.14. The number of fused-ring (bicyclic) bond motifs is 1. The predicted molar refractivity (Wildman–Crippen MR) is 121 cm³/mol. The maximum atomic E-state index is 13.7. The van der Waals surface area contributed by atoms with E-state index in [9.17, 15) is 14.4 Å². The first-order valence-electron chi connectivity index (χ1n) is 11.2. The van der Waals surface area contributed by atoms with Gasteiger partial charge in [-0.1, -0.05) is 48.5 Å². The molecule has 0 N–H and O–H groups in total. The fourth-order valence-electron chi connectivity index (χ4n) is 4.59. The highest BCUT2D eigenvalue weighted by molar-refractivity contribution is 6.01. The van der Waals surface area contributed by atoms with Gasteiger partial charge in [0.1, 0.15) is 6.04 Å². The highest BCUT2D eigenvalue weighted by Gasteiger charge is 2.39. The lowest BCUT2D eigenvalue weighted by Crippen LogP contribution is -2.56. The molecule has 3 aromatic rings. The normalized spacial score (nSPS) is 16.6. The highest BCUT2D eigenvalue weighted by atomic mass is 16.3. The predicted octanol–water partition coefficient (Wildman–Crippen LogP) is 2.83. The van der Waals surface area contributed by atoms with Crippen molar-refractivity contribution < 1.29 is 18.8 Å². The molecule has 0 radical (unpaired) electrons. The first-order chi connectivity index (χ1) is 16.1. The van der Waals surface area contributed by atoms with Gasteiger partial charge < -0.3 is 19.1 Å². The van der Waals surface area contributed by atoms with Gasteiger partial charge in [0.25, 0.3) is 11.8 Å². The van der Waals surface area contributed by atoms with Crippen molar-refractivity contribution in [3.8, 4) is 0 Å². The smallest absolute Gasteiger partial charge is 0.289 e. The molecule has 7 heteroatoms. The molecule has 0 spiro atoms. The van der Waals surface area contributed by atoms with Crippen LogP contribution < -0.4 is 0 Å².